The fourth-order valence-electron chi connectivity index (χ4n) is 3.20. The number of piperidine rings is 1. The maximum absolute atomic E-state index is 12.4. The molecule has 0 bridgehead atoms. The number of carboxylic acid groups (broad SMARTS) is 1. The second kappa shape index (κ2) is 7.27. The molecule has 1 aliphatic rings. The van der Waals surface area contributed by atoms with Crippen molar-refractivity contribution in [3.63, 3.8) is 0 Å². The van der Waals surface area contributed by atoms with E-state index in [9.17, 15) is 9.59 Å². The van der Waals surface area contributed by atoms with Gasteiger partial charge in [0.25, 0.3) is 5.91 Å². The summed E-state index contributed by atoms with van der Waals surface area (Å²) in [4.78, 5) is 29.5. The van der Waals surface area contributed by atoms with Gasteiger partial charge < -0.3 is 14.7 Å². The first-order chi connectivity index (χ1) is 12.0. The van der Waals surface area contributed by atoms with E-state index in [4.69, 9.17) is 21.4 Å². The molecule has 2 unspecified atom stereocenters. The minimum absolute atomic E-state index is 0.0757. The van der Waals surface area contributed by atoms with Crippen LogP contribution in [0, 0.1) is 11.8 Å². The van der Waals surface area contributed by atoms with Gasteiger partial charge in [0.1, 0.15) is 11.3 Å². The van der Waals surface area contributed by atoms with Crippen molar-refractivity contribution in [3.05, 3.63) is 35.5 Å². The van der Waals surface area contributed by atoms with Gasteiger partial charge >= 0.3 is 5.97 Å². The summed E-state index contributed by atoms with van der Waals surface area (Å²) < 4.78 is 5.67. The molecule has 1 saturated heterocycles. The number of rotatable bonds is 4. The van der Waals surface area contributed by atoms with Crippen LogP contribution in [-0.4, -0.2) is 46.6 Å². The maximum Gasteiger partial charge on any atom is 0.306 e. The highest BCUT2D eigenvalue weighted by Crippen LogP contribution is 2.30. The average molecular weight is 363 g/mol. The minimum atomic E-state index is -0.797. The predicted molar refractivity (Wildman–Crippen MR) is 93.7 cm³/mol. The number of aliphatic carboxylic acids is 1. The number of carboxylic acids is 1. The first kappa shape index (κ1) is 17.5. The van der Waals surface area contributed by atoms with Crippen molar-refractivity contribution in [2.24, 2.45) is 11.8 Å². The van der Waals surface area contributed by atoms with Gasteiger partial charge in [-0.15, -0.1) is 0 Å². The summed E-state index contributed by atoms with van der Waals surface area (Å²) in [6.45, 7) is 2.61. The Balaban J connectivity index is 1.66. The number of nitrogens with zero attached hydrogens (tertiary/aromatic N) is 2. The van der Waals surface area contributed by atoms with Crippen LogP contribution < -0.4 is 4.74 Å². The molecule has 2 heterocycles. The summed E-state index contributed by atoms with van der Waals surface area (Å²) in [6.07, 6.45) is 2.11. The van der Waals surface area contributed by atoms with Crippen LogP contribution in [0.4, 0.5) is 0 Å². The highest BCUT2D eigenvalue weighted by molar-refractivity contribution is 6.35. The number of fused-ring (bicyclic) bond motifs is 1. The van der Waals surface area contributed by atoms with E-state index in [-0.39, 0.29) is 18.4 Å². The lowest BCUT2D eigenvalue weighted by atomic mass is 9.87. The molecule has 2 aromatic rings. The quantitative estimate of drug-likeness (QED) is 0.904. The molecule has 3 rings (SSSR count). The Morgan fingerprint density at radius 3 is 2.92 bits per heavy atom. The number of likely N-dealkylation sites (tertiary alicyclic amines) is 1. The lowest BCUT2D eigenvalue weighted by molar-refractivity contribution is -0.148. The second-order valence-corrected chi connectivity index (χ2v) is 6.69. The number of carbonyl (C=O) groups is 2. The van der Waals surface area contributed by atoms with Gasteiger partial charge in [-0.2, -0.15) is 0 Å². The molecular weight excluding hydrogens is 344 g/mol. The predicted octanol–water partition coefficient (Wildman–Crippen LogP) is 2.84. The average Bonchev–Trinajstić information content (AvgIpc) is 2.60. The summed E-state index contributed by atoms with van der Waals surface area (Å²) in [7, 11) is 0. The summed E-state index contributed by atoms with van der Waals surface area (Å²) in [6, 6.07) is 7.05. The lowest BCUT2D eigenvalue weighted by Gasteiger charge is -2.34. The molecule has 0 radical (unpaired) electrons. The molecule has 6 nitrogen and oxygen atoms in total. The third kappa shape index (κ3) is 3.69. The van der Waals surface area contributed by atoms with Crippen molar-refractivity contribution < 1.29 is 19.4 Å². The van der Waals surface area contributed by atoms with Crippen LogP contribution in [0.1, 0.15) is 13.3 Å². The lowest BCUT2D eigenvalue weighted by Crippen LogP contribution is -2.46. The fraction of sp³-hybridized carbons (Fsp3) is 0.389. The third-order valence-corrected chi connectivity index (χ3v) is 4.94. The summed E-state index contributed by atoms with van der Waals surface area (Å²) in [5.41, 5.74) is 0.612. The molecule has 1 fully saturated rings. The van der Waals surface area contributed by atoms with E-state index in [1.807, 2.05) is 13.0 Å². The number of benzene rings is 1. The SMILES string of the molecule is CC1CN(C(=O)COc2ccc(Cl)c3cccnc23)CCC1C(=O)O. The Morgan fingerprint density at radius 2 is 2.20 bits per heavy atom. The number of halogens is 1. The van der Waals surface area contributed by atoms with Gasteiger partial charge in [0.15, 0.2) is 6.61 Å². The van der Waals surface area contributed by atoms with Gasteiger partial charge in [0, 0.05) is 24.7 Å². The van der Waals surface area contributed by atoms with Crippen LogP contribution in [0.15, 0.2) is 30.5 Å². The number of hydrogen-bond donors (Lipinski definition) is 1. The van der Waals surface area contributed by atoms with Crippen LogP contribution in [0.25, 0.3) is 10.9 Å². The molecule has 1 aromatic carbocycles. The molecule has 132 valence electrons. The van der Waals surface area contributed by atoms with E-state index >= 15 is 0 Å². The van der Waals surface area contributed by atoms with Crippen LogP contribution in [-0.2, 0) is 9.59 Å². The van der Waals surface area contributed by atoms with Crippen LogP contribution in [0.5, 0.6) is 5.75 Å². The summed E-state index contributed by atoms with van der Waals surface area (Å²) in [5.74, 6) is -0.922. The zero-order valence-corrected chi connectivity index (χ0v) is 14.6. The Labute approximate surface area is 150 Å². The smallest absolute Gasteiger partial charge is 0.306 e. The van der Waals surface area contributed by atoms with Crippen molar-refractivity contribution in [1.82, 2.24) is 9.88 Å². The zero-order valence-electron chi connectivity index (χ0n) is 13.8. The second-order valence-electron chi connectivity index (χ2n) is 6.28. The standard InChI is InChI=1S/C18H19ClN2O4/c1-11-9-21(8-6-12(11)18(23)24)16(22)10-25-15-5-4-14(19)13-3-2-7-20-17(13)15/h2-5,7,11-12H,6,8-10H2,1H3,(H,23,24). The van der Waals surface area contributed by atoms with Crippen molar-refractivity contribution in [3.8, 4) is 5.75 Å². The molecule has 1 N–H and O–H groups in total. The largest absolute Gasteiger partial charge is 0.481 e. The van der Waals surface area contributed by atoms with Gasteiger partial charge in [-0.05, 0) is 36.6 Å². The molecule has 1 amide bonds. The van der Waals surface area contributed by atoms with Gasteiger partial charge in [-0.1, -0.05) is 18.5 Å². The Hall–Kier alpha value is -2.34. The van der Waals surface area contributed by atoms with Gasteiger partial charge in [-0.25, -0.2) is 0 Å². The van der Waals surface area contributed by atoms with Crippen LogP contribution in [0.2, 0.25) is 5.02 Å². The topological polar surface area (TPSA) is 79.7 Å². The molecule has 0 saturated carbocycles. The van der Waals surface area contributed by atoms with Crippen LogP contribution in [0.3, 0.4) is 0 Å². The Bertz CT molecular complexity index is 811. The van der Waals surface area contributed by atoms with Gasteiger partial charge in [0.05, 0.1) is 10.9 Å². The van der Waals surface area contributed by atoms with E-state index < -0.39 is 11.9 Å². The highest BCUT2D eigenvalue weighted by Gasteiger charge is 2.33. The van der Waals surface area contributed by atoms with Gasteiger partial charge in [-0.3, -0.25) is 14.6 Å². The van der Waals surface area contributed by atoms with Crippen molar-refractivity contribution in [1.29, 1.82) is 0 Å². The number of aromatic nitrogens is 1. The van der Waals surface area contributed by atoms with E-state index in [2.05, 4.69) is 4.98 Å². The molecule has 0 aliphatic carbocycles. The molecule has 2 atom stereocenters. The number of hydrogen-bond acceptors (Lipinski definition) is 4. The van der Waals surface area contributed by atoms with E-state index in [0.717, 1.165) is 5.39 Å². The minimum Gasteiger partial charge on any atom is -0.481 e. The van der Waals surface area contributed by atoms with E-state index in [1.165, 1.54) is 0 Å². The third-order valence-electron chi connectivity index (χ3n) is 4.61. The molecule has 1 aromatic heterocycles. The number of amides is 1. The highest BCUT2D eigenvalue weighted by atomic mass is 35.5. The monoisotopic (exact) mass is 362 g/mol. The Kier molecular flexibility index (Phi) is 5.08. The summed E-state index contributed by atoms with van der Waals surface area (Å²) in [5, 5.41) is 10.5. The molecule has 1 aliphatic heterocycles. The number of carbonyl (C=O) groups excluding carboxylic acids is 1. The number of pyridine rings is 1. The van der Waals surface area contributed by atoms with Crippen molar-refractivity contribution in [2.45, 2.75) is 13.3 Å². The zero-order chi connectivity index (χ0) is 18.0. The van der Waals surface area contributed by atoms with E-state index in [1.54, 1.807) is 29.3 Å². The van der Waals surface area contributed by atoms with Crippen molar-refractivity contribution in [2.75, 3.05) is 19.7 Å². The van der Waals surface area contributed by atoms with Crippen LogP contribution >= 0.6 is 11.6 Å². The van der Waals surface area contributed by atoms with Crippen molar-refractivity contribution >= 4 is 34.4 Å². The maximum atomic E-state index is 12.4. The van der Waals surface area contributed by atoms with Gasteiger partial charge in [0.2, 0.25) is 0 Å². The molecule has 0 spiro atoms. The molecular formula is C18H19ClN2O4. The molecule has 7 heteroatoms. The first-order valence-corrected chi connectivity index (χ1v) is 8.51. The summed E-state index contributed by atoms with van der Waals surface area (Å²) >= 11 is 6.15. The fourth-order valence-corrected chi connectivity index (χ4v) is 3.41. The normalized spacial score (nSPS) is 20.5. The number of ether oxygens (including phenoxy) is 1. The molecule has 25 heavy (non-hydrogen) atoms. The first-order valence-electron chi connectivity index (χ1n) is 8.14. The Morgan fingerprint density at radius 1 is 1.40 bits per heavy atom. The van der Waals surface area contributed by atoms with E-state index in [0.29, 0.717) is 35.8 Å².